The first kappa shape index (κ1) is 51.4. The van der Waals surface area contributed by atoms with E-state index in [1.54, 1.807) is 0 Å². The van der Waals surface area contributed by atoms with Crippen LogP contribution in [0.4, 0.5) is 0 Å². The van der Waals surface area contributed by atoms with Crippen molar-refractivity contribution in [1.82, 2.24) is 0 Å². The first-order valence-electron chi connectivity index (χ1n) is 25.9. The number of rotatable bonds is 40. The van der Waals surface area contributed by atoms with Gasteiger partial charge in [0, 0.05) is 0 Å². The highest BCUT2D eigenvalue weighted by molar-refractivity contribution is 5.38. The molecule has 338 valence electrons. The van der Waals surface area contributed by atoms with Gasteiger partial charge in [0.05, 0.1) is 0 Å². The largest absolute Gasteiger partial charge is 0.490 e. The van der Waals surface area contributed by atoms with E-state index < -0.39 is 0 Å². The molecule has 1 unspecified atom stereocenters. The summed E-state index contributed by atoms with van der Waals surface area (Å²) in [5.41, 5.74) is 5.60. The Labute approximate surface area is 371 Å². The van der Waals surface area contributed by atoms with Crippen molar-refractivity contribution in [3.63, 3.8) is 0 Å². The van der Waals surface area contributed by atoms with Gasteiger partial charge in [0.25, 0.3) is 0 Å². The molecule has 0 aliphatic rings. The van der Waals surface area contributed by atoms with Gasteiger partial charge >= 0.3 is 0 Å². The van der Waals surface area contributed by atoms with Crippen LogP contribution in [0.2, 0.25) is 0 Å². The maximum atomic E-state index is 6.73. The van der Waals surface area contributed by atoms with Crippen LogP contribution >= 0.6 is 0 Å². The lowest BCUT2D eigenvalue weighted by Gasteiger charge is -2.22. The summed E-state index contributed by atoms with van der Waals surface area (Å²) in [5.74, 6) is 2.79. The molecule has 0 amide bonds. The molecular weight excluding hydrogens is 733 g/mol. The van der Waals surface area contributed by atoms with Crippen molar-refractivity contribution in [1.29, 1.82) is 0 Å². The molecule has 0 saturated heterocycles. The van der Waals surface area contributed by atoms with E-state index in [-0.39, 0.29) is 6.10 Å². The number of unbranched alkanes of at least 4 members (excludes halogenated alkanes) is 24. The topological polar surface area (TPSA) is 27.7 Å². The number of ether oxygens (including phenoxy) is 3. The zero-order chi connectivity index (χ0) is 42.6. The fraction of sp³-hybridized carbons (Fsp3) is 0.684. The summed E-state index contributed by atoms with van der Waals surface area (Å²) in [6.45, 7) is 10.0. The molecule has 0 radical (unpaired) electrons. The minimum atomic E-state index is -0.245. The van der Waals surface area contributed by atoms with Gasteiger partial charge in [-0.15, -0.1) is 0 Å². The van der Waals surface area contributed by atoms with Gasteiger partial charge in [-0.25, -0.2) is 0 Å². The van der Waals surface area contributed by atoms with Crippen molar-refractivity contribution in [2.24, 2.45) is 0 Å². The quantitative estimate of drug-likeness (QED) is 0.0535. The third kappa shape index (κ3) is 25.1. The molecule has 3 heteroatoms. The van der Waals surface area contributed by atoms with Crippen molar-refractivity contribution >= 4 is 0 Å². The lowest BCUT2D eigenvalue weighted by molar-refractivity contribution is 0.0808. The first-order valence-corrected chi connectivity index (χ1v) is 25.9. The average Bonchev–Trinajstić information content (AvgIpc) is 3.27. The van der Waals surface area contributed by atoms with Crippen LogP contribution in [-0.2, 0) is 25.7 Å². The van der Waals surface area contributed by atoms with Crippen LogP contribution in [0.5, 0.6) is 17.2 Å². The molecule has 3 aromatic rings. The summed E-state index contributed by atoms with van der Waals surface area (Å²) in [4.78, 5) is 0. The molecule has 3 nitrogen and oxygen atoms in total. The Morgan fingerprint density at radius 3 is 1.13 bits per heavy atom. The Bertz CT molecular complexity index is 1400. The van der Waals surface area contributed by atoms with Gasteiger partial charge in [-0.3, -0.25) is 0 Å². The van der Waals surface area contributed by atoms with E-state index in [1.165, 1.54) is 202 Å². The van der Waals surface area contributed by atoms with E-state index in [2.05, 4.69) is 94.4 Å². The van der Waals surface area contributed by atoms with Gasteiger partial charge in [0.1, 0.15) is 30.5 Å². The van der Waals surface area contributed by atoms with E-state index in [4.69, 9.17) is 14.2 Å². The van der Waals surface area contributed by atoms with E-state index in [0.29, 0.717) is 13.2 Å². The monoisotopic (exact) mass is 825 g/mol. The number of benzene rings is 3. The number of hydrogen-bond acceptors (Lipinski definition) is 3. The molecule has 60 heavy (non-hydrogen) atoms. The van der Waals surface area contributed by atoms with Gasteiger partial charge in [-0.05, 0) is 104 Å². The molecule has 0 fully saturated rings. The molecule has 0 bridgehead atoms. The van der Waals surface area contributed by atoms with Crippen molar-refractivity contribution in [2.75, 3.05) is 13.2 Å². The smallest absolute Gasteiger partial charge is 0.166 e. The van der Waals surface area contributed by atoms with E-state index in [9.17, 15) is 0 Å². The van der Waals surface area contributed by atoms with E-state index >= 15 is 0 Å². The van der Waals surface area contributed by atoms with Crippen molar-refractivity contribution < 1.29 is 14.2 Å². The Hall–Kier alpha value is -2.94. The SMILES string of the molecule is CCCCCCCCCc1ccc(OCC(COc2ccc(CCCCCCCCC)cc2CCCCCCCCC)Oc2ccc(CCCCCCCCC)cc2)cc1. The summed E-state index contributed by atoms with van der Waals surface area (Å²) >= 11 is 0. The second-order valence-corrected chi connectivity index (χ2v) is 18.1. The van der Waals surface area contributed by atoms with Crippen LogP contribution in [0.3, 0.4) is 0 Å². The number of hydrogen-bond donors (Lipinski definition) is 0. The summed E-state index contributed by atoms with van der Waals surface area (Å²) in [6, 6.07) is 24.6. The normalized spacial score (nSPS) is 11.9. The van der Waals surface area contributed by atoms with Crippen LogP contribution in [0.15, 0.2) is 66.7 Å². The highest BCUT2D eigenvalue weighted by Crippen LogP contribution is 2.26. The maximum Gasteiger partial charge on any atom is 0.166 e. The summed E-state index contributed by atoms with van der Waals surface area (Å²) in [6.07, 6.45) is 41.7. The maximum absolute atomic E-state index is 6.73. The standard InChI is InChI=1S/C57H92O3/c1-5-9-13-17-21-25-29-33-50-37-42-54(43-38-50)58-48-56(60-55-44-39-51(40-45-55)34-30-26-22-18-14-10-6-2)49-59-57-46-41-52(35-31-27-23-19-15-11-7-3)47-53(57)36-32-28-24-20-16-12-8-4/h37-47,56H,5-36,48-49H2,1-4H3. The van der Waals surface area contributed by atoms with Gasteiger partial charge < -0.3 is 14.2 Å². The first-order chi connectivity index (χ1) is 29.6. The van der Waals surface area contributed by atoms with Crippen LogP contribution in [0, 0.1) is 0 Å². The molecule has 0 saturated carbocycles. The number of aryl methyl sites for hydroxylation is 4. The minimum absolute atomic E-state index is 0.245. The highest BCUT2D eigenvalue weighted by Gasteiger charge is 2.16. The van der Waals surface area contributed by atoms with Gasteiger partial charge in [0.15, 0.2) is 6.10 Å². The Morgan fingerprint density at radius 1 is 0.333 bits per heavy atom. The Kier molecular flexibility index (Phi) is 30.5. The highest BCUT2D eigenvalue weighted by atomic mass is 16.6. The zero-order valence-corrected chi connectivity index (χ0v) is 39.7. The molecule has 0 spiro atoms. The third-order valence-corrected chi connectivity index (χ3v) is 12.4. The lowest BCUT2D eigenvalue weighted by atomic mass is 9.99. The van der Waals surface area contributed by atoms with Crippen molar-refractivity contribution in [2.45, 2.75) is 239 Å². The Morgan fingerprint density at radius 2 is 0.683 bits per heavy atom. The molecule has 0 aliphatic carbocycles. The van der Waals surface area contributed by atoms with E-state index in [0.717, 1.165) is 42.9 Å². The summed E-state index contributed by atoms with van der Waals surface area (Å²) in [5, 5.41) is 0. The predicted octanol–water partition coefficient (Wildman–Crippen LogP) is 17.8. The molecule has 0 N–H and O–H groups in total. The van der Waals surface area contributed by atoms with Crippen LogP contribution in [0.1, 0.15) is 230 Å². The van der Waals surface area contributed by atoms with Crippen molar-refractivity contribution in [3.05, 3.63) is 89.0 Å². The molecule has 0 aromatic heterocycles. The average molecular weight is 825 g/mol. The molecular formula is C57H92O3. The second kappa shape index (κ2) is 35.6. The zero-order valence-electron chi connectivity index (χ0n) is 39.7. The minimum Gasteiger partial charge on any atom is -0.490 e. The fourth-order valence-electron chi connectivity index (χ4n) is 8.42. The molecule has 1 atom stereocenters. The fourth-order valence-corrected chi connectivity index (χ4v) is 8.42. The van der Waals surface area contributed by atoms with E-state index in [1.807, 2.05) is 0 Å². The predicted molar refractivity (Wildman–Crippen MR) is 262 cm³/mol. The van der Waals surface area contributed by atoms with Crippen LogP contribution in [-0.4, -0.2) is 19.3 Å². The molecule has 3 aromatic carbocycles. The second-order valence-electron chi connectivity index (χ2n) is 18.1. The van der Waals surface area contributed by atoms with Gasteiger partial charge in [-0.1, -0.05) is 218 Å². The molecule has 0 aliphatic heterocycles. The van der Waals surface area contributed by atoms with Crippen molar-refractivity contribution in [3.8, 4) is 17.2 Å². The van der Waals surface area contributed by atoms with Crippen LogP contribution < -0.4 is 14.2 Å². The third-order valence-electron chi connectivity index (χ3n) is 12.4. The van der Waals surface area contributed by atoms with Gasteiger partial charge in [0.2, 0.25) is 0 Å². The lowest BCUT2D eigenvalue weighted by Crippen LogP contribution is -2.31. The Balaban J connectivity index is 1.63. The van der Waals surface area contributed by atoms with Crippen LogP contribution in [0.25, 0.3) is 0 Å². The molecule has 0 heterocycles. The van der Waals surface area contributed by atoms with Gasteiger partial charge in [-0.2, -0.15) is 0 Å². The molecule has 3 rings (SSSR count). The summed E-state index contributed by atoms with van der Waals surface area (Å²) < 4.78 is 19.8. The summed E-state index contributed by atoms with van der Waals surface area (Å²) in [7, 11) is 0.